The molecule has 0 radical (unpaired) electrons. The van der Waals surface area contributed by atoms with Crippen LogP contribution in [0.4, 0.5) is 5.69 Å². The minimum Gasteiger partial charge on any atom is -0.496 e. The summed E-state index contributed by atoms with van der Waals surface area (Å²) >= 11 is 1.40. The molecule has 0 spiro atoms. The van der Waals surface area contributed by atoms with Crippen LogP contribution in [0.2, 0.25) is 0 Å². The maximum Gasteiger partial charge on any atom is 0.234 e. The number of aryl methyl sites for hydroxylation is 3. The number of anilines is 1. The number of benzene rings is 3. The number of carbonyl (C=O) groups excluding carboxylic acids is 1. The van der Waals surface area contributed by atoms with Crippen molar-refractivity contribution < 1.29 is 9.53 Å². The fourth-order valence-corrected chi connectivity index (χ4v) is 4.56. The zero-order chi connectivity index (χ0) is 23.2. The van der Waals surface area contributed by atoms with Crippen LogP contribution in [0, 0.1) is 6.92 Å². The molecule has 0 aliphatic carbocycles. The summed E-state index contributed by atoms with van der Waals surface area (Å²) < 4.78 is 7.31. The fraction of sp³-hybridized carbons (Fsp3) is 0.269. The van der Waals surface area contributed by atoms with Crippen molar-refractivity contribution in [1.29, 1.82) is 0 Å². The largest absolute Gasteiger partial charge is 0.496 e. The third kappa shape index (κ3) is 5.73. The number of hydrogen-bond acceptors (Lipinski definition) is 5. The molecule has 170 valence electrons. The summed E-state index contributed by atoms with van der Waals surface area (Å²) in [7, 11) is 3.65. The van der Waals surface area contributed by atoms with Crippen LogP contribution in [-0.4, -0.2) is 33.5 Å². The van der Waals surface area contributed by atoms with E-state index in [1.807, 2.05) is 54.1 Å². The molecule has 1 amide bonds. The van der Waals surface area contributed by atoms with Crippen LogP contribution in [0.15, 0.2) is 65.8 Å². The van der Waals surface area contributed by atoms with E-state index in [0.717, 1.165) is 58.0 Å². The molecule has 33 heavy (non-hydrogen) atoms. The normalized spacial score (nSPS) is 11.0. The zero-order valence-corrected chi connectivity index (χ0v) is 20.0. The van der Waals surface area contributed by atoms with Crippen LogP contribution in [0.5, 0.6) is 5.75 Å². The van der Waals surface area contributed by atoms with Crippen LogP contribution < -0.4 is 10.1 Å². The van der Waals surface area contributed by atoms with Gasteiger partial charge in [-0.15, -0.1) is 10.2 Å². The highest BCUT2D eigenvalue weighted by Crippen LogP contribution is 2.22. The summed E-state index contributed by atoms with van der Waals surface area (Å²) in [4.78, 5) is 12.4. The molecule has 4 rings (SSSR count). The second kappa shape index (κ2) is 10.5. The monoisotopic (exact) mass is 460 g/mol. The Morgan fingerprint density at radius 1 is 1.03 bits per heavy atom. The summed E-state index contributed by atoms with van der Waals surface area (Å²) in [6, 6.07) is 20.3. The van der Waals surface area contributed by atoms with E-state index in [1.54, 1.807) is 7.11 Å². The van der Waals surface area contributed by atoms with E-state index >= 15 is 0 Å². The smallest absolute Gasteiger partial charge is 0.234 e. The number of thioether (sulfide) groups is 1. The zero-order valence-electron chi connectivity index (χ0n) is 19.2. The number of nitrogens with zero attached hydrogens (tertiary/aromatic N) is 3. The molecular weight excluding hydrogens is 432 g/mol. The number of fused-ring (bicyclic) bond motifs is 1. The lowest BCUT2D eigenvalue weighted by molar-refractivity contribution is -0.113. The maximum absolute atomic E-state index is 12.4. The van der Waals surface area contributed by atoms with Gasteiger partial charge >= 0.3 is 0 Å². The van der Waals surface area contributed by atoms with Crippen molar-refractivity contribution in [1.82, 2.24) is 14.8 Å². The van der Waals surface area contributed by atoms with E-state index in [0.29, 0.717) is 0 Å². The molecule has 1 heterocycles. The number of rotatable bonds is 9. The molecule has 0 saturated heterocycles. The number of hydrogen-bond donors (Lipinski definition) is 1. The van der Waals surface area contributed by atoms with Gasteiger partial charge in [-0.2, -0.15) is 0 Å². The Labute approximate surface area is 198 Å². The Morgan fingerprint density at radius 3 is 2.64 bits per heavy atom. The van der Waals surface area contributed by atoms with E-state index in [9.17, 15) is 4.79 Å². The number of methoxy groups -OCH3 is 1. The first-order valence-corrected chi connectivity index (χ1v) is 12.0. The van der Waals surface area contributed by atoms with Crippen LogP contribution in [0.3, 0.4) is 0 Å². The quantitative estimate of drug-likeness (QED) is 0.348. The summed E-state index contributed by atoms with van der Waals surface area (Å²) in [5, 5.41) is 14.6. The molecule has 0 atom stereocenters. The van der Waals surface area contributed by atoms with E-state index in [4.69, 9.17) is 4.74 Å². The predicted molar refractivity (Wildman–Crippen MR) is 134 cm³/mol. The van der Waals surface area contributed by atoms with Gasteiger partial charge in [0.05, 0.1) is 12.9 Å². The third-order valence-corrected chi connectivity index (χ3v) is 6.64. The van der Waals surface area contributed by atoms with Gasteiger partial charge in [0.2, 0.25) is 5.91 Å². The Hall–Kier alpha value is -3.32. The topological polar surface area (TPSA) is 69.0 Å². The Morgan fingerprint density at radius 2 is 1.85 bits per heavy atom. The number of nitrogens with one attached hydrogen (secondary N) is 1. The predicted octanol–water partition coefficient (Wildman–Crippen LogP) is 5.19. The Kier molecular flexibility index (Phi) is 7.29. The molecule has 7 heteroatoms. The van der Waals surface area contributed by atoms with Gasteiger partial charge in [-0.05, 0) is 59.9 Å². The van der Waals surface area contributed by atoms with Gasteiger partial charge in [0, 0.05) is 19.2 Å². The second-order valence-corrected chi connectivity index (χ2v) is 8.96. The SMILES string of the molecule is COc1ccc(CCCc2nnc(SCC(=O)Nc3ccc4ccccc4c3)n2C)cc1C. The first-order chi connectivity index (χ1) is 16.0. The molecule has 4 aromatic rings. The first kappa shape index (κ1) is 22.9. The fourth-order valence-electron chi connectivity index (χ4n) is 3.83. The standard InChI is InChI=1S/C26H28N4O2S/c1-18-15-19(11-14-23(18)32-3)7-6-10-24-28-29-26(30(24)2)33-17-25(31)27-22-13-12-20-8-4-5-9-21(20)16-22/h4-5,8-9,11-16H,6-7,10,17H2,1-3H3,(H,27,31). The molecule has 0 aliphatic rings. The molecule has 1 aromatic heterocycles. The maximum atomic E-state index is 12.4. The Bertz CT molecular complexity index is 1270. The van der Waals surface area contributed by atoms with Gasteiger partial charge < -0.3 is 14.6 Å². The average molecular weight is 461 g/mol. The molecular formula is C26H28N4O2S. The highest BCUT2D eigenvalue weighted by Gasteiger charge is 2.12. The number of amides is 1. The van der Waals surface area contributed by atoms with Crippen molar-refractivity contribution in [2.24, 2.45) is 7.05 Å². The summed E-state index contributed by atoms with van der Waals surface area (Å²) in [5.41, 5.74) is 3.23. The van der Waals surface area contributed by atoms with Gasteiger partial charge in [0.15, 0.2) is 5.16 Å². The van der Waals surface area contributed by atoms with E-state index in [1.165, 1.54) is 17.3 Å². The number of aromatic nitrogens is 3. The van der Waals surface area contributed by atoms with Crippen LogP contribution >= 0.6 is 11.8 Å². The summed E-state index contributed by atoms with van der Waals surface area (Å²) in [5.74, 6) is 2.06. The lowest BCUT2D eigenvalue weighted by atomic mass is 10.0. The molecule has 1 N–H and O–H groups in total. The summed E-state index contributed by atoms with van der Waals surface area (Å²) in [6.45, 7) is 2.06. The van der Waals surface area contributed by atoms with Gasteiger partial charge in [-0.3, -0.25) is 4.79 Å². The molecule has 3 aromatic carbocycles. The van der Waals surface area contributed by atoms with E-state index in [2.05, 4.69) is 40.6 Å². The lowest BCUT2D eigenvalue weighted by Gasteiger charge is -2.08. The Balaban J connectivity index is 1.27. The van der Waals surface area contributed by atoms with Crippen molar-refractivity contribution in [2.75, 3.05) is 18.2 Å². The number of carbonyl (C=O) groups is 1. The number of ether oxygens (including phenoxy) is 1. The highest BCUT2D eigenvalue weighted by molar-refractivity contribution is 7.99. The van der Waals surface area contributed by atoms with Gasteiger partial charge in [-0.1, -0.05) is 54.2 Å². The van der Waals surface area contributed by atoms with Crippen molar-refractivity contribution >= 4 is 34.1 Å². The minimum atomic E-state index is -0.0605. The van der Waals surface area contributed by atoms with Gasteiger partial charge in [0.25, 0.3) is 0 Å². The molecule has 0 fully saturated rings. The molecule has 0 bridgehead atoms. The summed E-state index contributed by atoms with van der Waals surface area (Å²) in [6.07, 6.45) is 2.78. The van der Waals surface area contributed by atoms with Gasteiger partial charge in [0.1, 0.15) is 11.6 Å². The molecule has 0 unspecified atom stereocenters. The first-order valence-electron chi connectivity index (χ1n) is 11.0. The van der Waals surface area contributed by atoms with Crippen LogP contribution in [-0.2, 0) is 24.7 Å². The lowest BCUT2D eigenvalue weighted by Crippen LogP contribution is -2.14. The van der Waals surface area contributed by atoms with Crippen molar-refractivity contribution in [3.63, 3.8) is 0 Å². The van der Waals surface area contributed by atoms with E-state index in [-0.39, 0.29) is 11.7 Å². The van der Waals surface area contributed by atoms with Crippen molar-refractivity contribution in [2.45, 2.75) is 31.3 Å². The highest BCUT2D eigenvalue weighted by atomic mass is 32.2. The average Bonchev–Trinajstić information content (AvgIpc) is 3.17. The minimum absolute atomic E-state index is 0.0605. The van der Waals surface area contributed by atoms with Gasteiger partial charge in [-0.25, -0.2) is 0 Å². The van der Waals surface area contributed by atoms with Crippen molar-refractivity contribution in [3.05, 3.63) is 77.6 Å². The van der Waals surface area contributed by atoms with Crippen molar-refractivity contribution in [3.8, 4) is 5.75 Å². The molecule has 6 nitrogen and oxygen atoms in total. The van der Waals surface area contributed by atoms with Crippen LogP contribution in [0.1, 0.15) is 23.4 Å². The van der Waals surface area contributed by atoms with Crippen LogP contribution in [0.25, 0.3) is 10.8 Å². The third-order valence-electron chi connectivity index (χ3n) is 5.62. The second-order valence-electron chi connectivity index (χ2n) is 8.01. The van der Waals surface area contributed by atoms with E-state index < -0.39 is 0 Å². The molecule has 0 aliphatic heterocycles. The molecule has 0 saturated carbocycles.